The van der Waals surface area contributed by atoms with Gasteiger partial charge in [0.05, 0.1) is 12.1 Å². The lowest BCUT2D eigenvalue weighted by atomic mass is 9.81. The summed E-state index contributed by atoms with van der Waals surface area (Å²) < 4.78 is 39.2. The summed E-state index contributed by atoms with van der Waals surface area (Å²) in [6, 6.07) is -5.35. The minimum atomic E-state index is -4.63. The van der Waals surface area contributed by atoms with Gasteiger partial charge in [-0.25, -0.2) is 4.79 Å². The molecular formula is C33H52F3N5O6. The van der Waals surface area contributed by atoms with Crippen molar-refractivity contribution in [2.45, 2.75) is 129 Å². The van der Waals surface area contributed by atoms with Crippen LogP contribution in [0.15, 0.2) is 0 Å². The van der Waals surface area contributed by atoms with E-state index < -0.39 is 84.1 Å². The van der Waals surface area contributed by atoms with E-state index in [-0.39, 0.29) is 30.1 Å². The molecule has 0 aromatic carbocycles. The van der Waals surface area contributed by atoms with Crippen LogP contribution in [-0.2, 0) is 24.0 Å². The van der Waals surface area contributed by atoms with Gasteiger partial charge in [-0.1, -0.05) is 53.9 Å². The summed E-state index contributed by atoms with van der Waals surface area (Å²) in [7, 11) is 1.16. The van der Waals surface area contributed by atoms with Gasteiger partial charge in [0.15, 0.2) is 5.78 Å². The second-order valence-electron chi connectivity index (χ2n) is 14.8. The molecule has 4 N–H and O–H groups in total. The molecule has 266 valence electrons. The molecule has 3 aliphatic rings. The van der Waals surface area contributed by atoms with E-state index in [4.69, 9.17) is 0 Å². The van der Waals surface area contributed by atoms with E-state index in [1.165, 1.54) is 4.90 Å². The zero-order valence-corrected chi connectivity index (χ0v) is 28.4. The van der Waals surface area contributed by atoms with Gasteiger partial charge >= 0.3 is 12.2 Å². The highest BCUT2D eigenvalue weighted by Gasteiger charge is 2.48. The monoisotopic (exact) mass is 671 g/mol. The number of hydrogen-bond acceptors (Lipinski definition) is 6. The van der Waals surface area contributed by atoms with Gasteiger partial charge in [0.2, 0.25) is 17.6 Å². The van der Waals surface area contributed by atoms with Gasteiger partial charge in [-0.2, -0.15) is 13.2 Å². The molecule has 0 aromatic rings. The number of carbonyl (C=O) groups excluding carboxylic acids is 6. The molecule has 2 saturated carbocycles. The molecule has 0 spiro atoms. The highest BCUT2D eigenvalue weighted by molar-refractivity contribution is 6.38. The van der Waals surface area contributed by atoms with Gasteiger partial charge < -0.3 is 26.2 Å². The zero-order valence-electron chi connectivity index (χ0n) is 28.4. The Hall–Kier alpha value is -3.19. The van der Waals surface area contributed by atoms with Crippen LogP contribution in [0.1, 0.15) is 98.8 Å². The second kappa shape index (κ2) is 15.8. The van der Waals surface area contributed by atoms with Crippen molar-refractivity contribution < 1.29 is 41.9 Å². The topological polar surface area (TPSA) is 154 Å². The number of halogens is 3. The minimum Gasteiger partial charge on any atom is -0.353 e. The minimum absolute atomic E-state index is 0.0210. The smallest absolute Gasteiger partial charge is 0.353 e. The van der Waals surface area contributed by atoms with Gasteiger partial charge in [-0.3, -0.25) is 24.0 Å². The third-order valence-corrected chi connectivity index (χ3v) is 9.74. The van der Waals surface area contributed by atoms with Crippen LogP contribution in [0.4, 0.5) is 18.0 Å². The summed E-state index contributed by atoms with van der Waals surface area (Å²) in [5, 5.41) is 10.1. The Morgan fingerprint density at radius 1 is 0.851 bits per heavy atom. The standard InChI is InChI=1S/C33H52F3N5O6/c1-18(2)21-15-17-41(24(21)28(44)38-22(14-16-33(34,35)36)26(43)29(45)37-6)30(46)27(32(3,4)5)40-31(47)39-23(25(42)20-12-13-20)19-10-8-7-9-11-19/h18-24,27H,7-17H2,1-6H3,(H,37,45)(H,38,44)(H2,39,40,47)/t21?,22?,23-,24-,27+/m0/s1. The average molecular weight is 672 g/mol. The molecular weight excluding hydrogens is 619 g/mol. The maximum atomic E-state index is 14.2. The van der Waals surface area contributed by atoms with Crippen LogP contribution in [0.5, 0.6) is 0 Å². The van der Waals surface area contributed by atoms with Gasteiger partial charge in [-0.05, 0) is 61.7 Å². The molecule has 3 rings (SSSR count). The van der Waals surface area contributed by atoms with Crippen molar-refractivity contribution in [3.05, 3.63) is 0 Å². The molecule has 1 heterocycles. The summed E-state index contributed by atoms with van der Waals surface area (Å²) in [6.07, 6.45) is -0.172. The van der Waals surface area contributed by atoms with E-state index in [1.54, 1.807) is 20.8 Å². The summed E-state index contributed by atoms with van der Waals surface area (Å²) in [5.74, 6) is -4.32. The molecule has 47 heavy (non-hydrogen) atoms. The fraction of sp³-hybridized carbons (Fsp3) is 0.818. The number of amides is 5. The van der Waals surface area contributed by atoms with Gasteiger partial charge in [0.1, 0.15) is 12.1 Å². The van der Waals surface area contributed by atoms with E-state index in [0.29, 0.717) is 6.42 Å². The molecule has 1 aliphatic heterocycles. The lowest BCUT2D eigenvalue weighted by Crippen LogP contribution is -2.62. The number of likely N-dealkylation sites (tertiary alicyclic amines) is 1. The molecule has 2 aliphatic carbocycles. The lowest BCUT2D eigenvalue weighted by Gasteiger charge is -2.37. The van der Waals surface area contributed by atoms with Crippen LogP contribution in [0.3, 0.4) is 0 Å². The fourth-order valence-corrected chi connectivity index (χ4v) is 6.85. The SMILES string of the molecule is CNC(=O)C(=O)C(CCC(F)(F)F)NC(=O)[C@@H]1C(C(C)C)CCN1C(=O)[C@@H](NC(=O)N[C@H](C(=O)C1CC1)C1CCCCC1)C(C)(C)C. The Morgan fingerprint density at radius 3 is 1.98 bits per heavy atom. The first-order valence-corrected chi connectivity index (χ1v) is 16.9. The van der Waals surface area contributed by atoms with Crippen LogP contribution in [0.2, 0.25) is 0 Å². The molecule has 3 fully saturated rings. The van der Waals surface area contributed by atoms with E-state index in [1.807, 2.05) is 13.8 Å². The van der Waals surface area contributed by atoms with Crippen LogP contribution >= 0.6 is 0 Å². The van der Waals surface area contributed by atoms with E-state index in [9.17, 15) is 41.9 Å². The second-order valence-corrected chi connectivity index (χ2v) is 14.8. The Bertz CT molecular complexity index is 1180. The summed E-state index contributed by atoms with van der Waals surface area (Å²) in [4.78, 5) is 80.8. The van der Waals surface area contributed by atoms with E-state index in [0.717, 1.165) is 52.0 Å². The van der Waals surface area contributed by atoms with E-state index in [2.05, 4.69) is 21.3 Å². The number of ketones is 2. The largest absolute Gasteiger partial charge is 0.389 e. The molecule has 5 atom stereocenters. The van der Waals surface area contributed by atoms with Crippen molar-refractivity contribution in [3.63, 3.8) is 0 Å². The lowest BCUT2D eigenvalue weighted by molar-refractivity contribution is -0.147. The molecule has 2 unspecified atom stereocenters. The highest BCUT2D eigenvalue weighted by Crippen LogP contribution is 2.36. The molecule has 1 saturated heterocycles. The third kappa shape index (κ3) is 10.4. The Morgan fingerprint density at radius 2 is 1.47 bits per heavy atom. The van der Waals surface area contributed by atoms with Crippen LogP contribution in [0, 0.1) is 29.1 Å². The zero-order chi connectivity index (χ0) is 35.3. The van der Waals surface area contributed by atoms with E-state index >= 15 is 0 Å². The highest BCUT2D eigenvalue weighted by atomic mass is 19.4. The average Bonchev–Trinajstić information content (AvgIpc) is 3.75. The third-order valence-electron chi connectivity index (χ3n) is 9.74. The quantitative estimate of drug-likeness (QED) is 0.219. The first-order chi connectivity index (χ1) is 21.9. The number of rotatable bonds is 13. The Labute approximate surface area is 275 Å². The number of Topliss-reactive ketones (excluding diaryl/α,β-unsaturated/α-hetero) is 2. The number of alkyl halides is 3. The van der Waals surface area contributed by atoms with Crippen molar-refractivity contribution in [1.82, 2.24) is 26.2 Å². The summed E-state index contributed by atoms with van der Waals surface area (Å²) in [6.45, 7) is 9.10. The molecule has 14 heteroatoms. The van der Waals surface area contributed by atoms with Gasteiger partial charge in [0.25, 0.3) is 5.91 Å². The van der Waals surface area contributed by atoms with Crippen molar-refractivity contribution in [2.75, 3.05) is 13.6 Å². The van der Waals surface area contributed by atoms with Crippen molar-refractivity contribution in [3.8, 4) is 0 Å². The number of likely N-dealkylation sites (N-methyl/N-ethyl adjacent to an activating group) is 1. The summed E-state index contributed by atoms with van der Waals surface area (Å²) in [5.41, 5.74) is -0.837. The molecule has 0 aromatic heterocycles. The van der Waals surface area contributed by atoms with Crippen molar-refractivity contribution in [1.29, 1.82) is 0 Å². The molecule has 5 amide bonds. The Balaban J connectivity index is 1.84. The van der Waals surface area contributed by atoms with Crippen molar-refractivity contribution in [2.24, 2.45) is 29.1 Å². The molecule has 11 nitrogen and oxygen atoms in total. The first kappa shape index (κ1) is 38.3. The Kier molecular flexibility index (Phi) is 12.9. The summed E-state index contributed by atoms with van der Waals surface area (Å²) >= 11 is 0. The molecule has 0 radical (unpaired) electrons. The maximum absolute atomic E-state index is 14.2. The number of urea groups is 1. The molecule has 0 bridgehead atoms. The van der Waals surface area contributed by atoms with Crippen molar-refractivity contribution >= 4 is 35.3 Å². The fourth-order valence-electron chi connectivity index (χ4n) is 6.85. The normalized spacial score (nSPS) is 22.6. The first-order valence-electron chi connectivity index (χ1n) is 16.9. The number of carbonyl (C=O) groups is 6. The predicted molar refractivity (Wildman–Crippen MR) is 168 cm³/mol. The maximum Gasteiger partial charge on any atom is 0.389 e. The van der Waals surface area contributed by atoms with Gasteiger partial charge in [0, 0.05) is 25.9 Å². The van der Waals surface area contributed by atoms with Crippen LogP contribution in [0.25, 0.3) is 0 Å². The van der Waals surface area contributed by atoms with Crippen LogP contribution < -0.4 is 21.3 Å². The predicted octanol–water partition coefficient (Wildman–Crippen LogP) is 3.64. The number of hydrogen-bond donors (Lipinski definition) is 4. The van der Waals surface area contributed by atoms with Crippen LogP contribution in [-0.4, -0.2) is 84.2 Å². The van der Waals surface area contributed by atoms with Gasteiger partial charge in [-0.15, -0.1) is 0 Å². The number of nitrogens with one attached hydrogen (secondary N) is 4. The number of nitrogens with zero attached hydrogens (tertiary/aromatic N) is 1.